The Hall–Kier alpha value is -2.19. The molecule has 0 amide bonds. The van der Waals surface area contributed by atoms with E-state index in [9.17, 15) is 13.2 Å². The second-order valence-corrected chi connectivity index (χ2v) is 7.90. The van der Waals surface area contributed by atoms with Gasteiger partial charge in [-0.15, -0.1) is 0 Å². The van der Waals surface area contributed by atoms with Gasteiger partial charge in [-0.05, 0) is 50.3 Å². The van der Waals surface area contributed by atoms with Gasteiger partial charge in [-0.1, -0.05) is 12.1 Å². The van der Waals surface area contributed by atoms with Crippen molar-refractivity contribution in [3.05, 3.63) is 51.9 Å². The van der Waals surface area contributed by atoms with Gasteiger partial charge in [0.2, 0.25) is 10.0 Å². The topological polar surface area (TPSA) is 90.3 Å². The van der Waals surface area contributed by atoms with E-state index in [0.717, 1.165) is 36.9 Å². The average molecular weight is 377 g/mol. The summed E-state index contributed by atoms with van der Waals surface area (Å²) in [5, 5.41) is 4.40. The van der Waals surface area contributed by atoms with Crippen LogP contribution in [0, 0.1) is 0 Å². The van der Waals surface area contributed by atoms with Crippen molar-refractivity contribution in [3.63, 3.8) is 0 Å². The number of hydrogen-bond donors (Lipinski definition) is 1. The lowest BCUT2D eigenvalue weighted by molar-refractivity contribution is 0.331. The smallest absolute Gasteiger partial charge is 0.267 e. The molecule has 1 heterocycles. The third-order valence-corrected chi connectivity index (χ3v) is 5.83. The van der Waals surface area contributed by atoms with Gasteiger partial charge in [-0.2, -0.15) is 5.10 Å². The molecule has 0 radical (unpaired) electrons. The average Bonchev–Trinajstić information content (AvgIpc) is 2.62. The minimum absolute atomic E-state index is 0.0779. The van der Waals surface area contributed by atoms with Crippen LogP contribution in [0.2, 0.25) is 0 Å². The van der Waals surface area contributed by atoms with Gasteiger partial charge in [-0.3, -0.25) is 4.79 Å². The van der Waals surface area contributed by atoms with E-state index in [1.165, 1.54) is 10.7 Å². The van der Waals surface area contributed by atoms with Gasteiger partial charge in [0.25, 0.3) is 5.56 Å². The van der Waals surface area contributed by atoms with Crippen molar-refractivity contribution in [1.29, 1.82) is 0 Å². The molecule has 7 nitrogen and oxygen atoms in total. The maximum absolute atomic E-state index is 12.5. The molecule has 8 heteroatoms. The number of benzene rings is 1. The largest absolute Gasteiger partial charge is 0.492 e. The van der Waals surface area contributed by atoms with E-state index in [4.69, 9.17) is 4.74 Å². The Morgan fingerprint density at radius 2 is 2.00 bits per heavy atom. The molecule has 1 aliphatic carbocycles. The molecule has 140 valence electrons. The number of fused-ring (bicyclic) bond motifs is 1. The number of para-hydroxylation sites is 1. The third kappa shape index (κ3) is 4.13. The standard InChI is InChI=1S/C18H23N3O4S/c1-2-25-16-9-5-6-10-17(16)26(23,24)19-11-12-21-18(22)13-14-7-3-4-8-15(14)20-21/h5-6,9-10,13,19H,2-4,7-8,11-12H2,1H3. The molecule has 0 spiro atoms. The highest BCUT2D eigenvalue weighted by Crippen LogP contribution is 2.23. The first-order chi connectivity index (χ1) is 12.5. The van der Waals surface area contributed by atoms with E-state index in [0.29, 0.717) is 12.4 Å². The molecule has 1 aromatic carbocycles. The summed E-state index contributed by atoms with van der Waals surface area (Å²) in [6.45, 7) is 2.43. The predicted octanol–water partition coefficient (Wildman–Crippen LogP) is 1.50. The Balaban J connectivity index is 1.71. The van der Waals surface area contributed by atoms with E-state index < -0.39 is 10.0 Å². The van der Waals surface area contributed by atoms with Crippen molar-refractivity contribution >= 4 is 10.0 Å². The van der Waals surface area contributed by atoms with Crippen LogP contribution < -0.4 is 15.0 Å². The number of sulfonamides is 1. The van der Waals surface area contributed by atoms with Crippen molar-refractivity contribution in [3.8, 4) is 5.75 Å². The highest BCUT2D eigenvalue weighted by Gasteiger charge is 2.19. The summed E-state index contributed by atoms with van der Waals surface area (Å²) in [5.41, 5.74) is 1.77. The second-order valence-electron chi connectivity index (χ2n) is 6.16. The van der Waals surface area contributed by atoms with Crippen LogP contribution in [-0.2, 0) is 29.4 Å². The van der Waals surface area contributed by atoms with Gasteiger partial charge in [0.05, 0.1) is 18.8 Å². The molecule has 2 aromatic rings. The number of rotatable bonds is 7. The Morgan fingerprint density at radius 1 is 1.23 bits per heavy atom. The summed E-state index contributed by atoms with van der Waals surface area (Å²) < 4.78 is 34.3. The van der Waals surface area contributed by atoms with Gasteiger partial charge < -0.3 is 4.74 Å². The first-order valence-electron chi connectivity index (χ1n) is 8.82. The molecular weight excluding hydrogens is 354 g/mol. The van der Waals surface area contributed by atoms with Crippen LogP contribution in [0.4, 0.5) is 0 Å². The Morgan fingerprint density at radius 3 is 2.81 bits per heavy atom. The molecule has 0 bridgehead atoms. The Labute approximate surface area is 153 Å². The van der Waals surface area contributed by atoms with Gasteiger partial charge in [0.15, 0.2) is 0 Å². The number of nitrogens with zero attached hydrogens (tertiary/aromatic N) is 2. The van der Waals surface area contributed by atoms with Crippen LogP contribution in [0.15, 0.2) is 40.0 Å². The number of hydrogen-bond acceptors (Lipinski definition) is 5. The van der Waals surface area contributed by atoms with Gasteiger partial charge >= 0.3 is 0 Å². The summed E-state index contributed by atoms with van der Waals surface area (Å²) in [7, 11) is -3.73. The number of nitrogens with one attached hydrogen (secondary N) is 1. The molecule has 0 fully saturated rings. The van der Waals surface area contributed by atoms with Gasteiger partial charge in [0.1, 0.15) is 10.6 Å². The molecular formula is C18H23N3O4S. The summed E-state index contributed by atoms with van der Waals surface area (Å²) in [5.74, 6) is 0.312. The maximum atomic E-state index is 12.5. The Bertz CT molecular complexity index is 938. The van der Waals surface area contributed by atoms with E-state index in [2.05, 4.69) is 9.82 Å². The fraction of sp³-hybridized carbons (Fsp3) is 0.444. The first kappa shape index (κ1) is 18.6. The van der Waals surface area contributed by atoms with Crippen LogP contribution in [0.1, 0.15) is 31.0 Å². The molecule has 0 saturated carbocycles. The summed E-state index contributed by atoms with van der Waals surface area (Å²) in [4.78, 5) is 12.2. The molecule has 0 aliphatic heterocycles. The zero-order valence-electron chi connectivity index (χ0n) is 14.8. The second kappa shape index (κ2) is 8.01. The summed E-state index contributed by atoms with van der Waals surface area (Å²) >= 11 is 0. The lowest BCUT2D eigenvalue weighted by Gasteiger charge is -2.16. The van der Waals surface area contributed by atoms with E-state index in [1.807, 2.05) is 0 Å². The molecule has 1 N–H and O–H groups in total. The Kier molecular flexibility index (Phi) is 5.73. The minimum Gasteiger partial charge on any atom is -0.492 e. The summed E-state index contributed by atoms with van der Waals surface area (Å²) in [6, 6.07) is 8.11. The lowest BCUT2D eigenvalue weighted by atomic mass is 9.97. The molecule has 0 atom stereocenters. The van der Waals surface area contributed by atoms with Crippen LogP contribution in [0.5, 0.6) is 5.75 Å². The fourth-order valence-electron chi connectivity index (χ4n) is 3.07. The monoisotopic (exact) mass is 377 g/mol. The van der Waals surface area contributed by atoms with Gasteiger partial charge in [0, 0.05) is 12.6 Å². The van der Waals surface area contributed by atoms with Crippen LogP contribution in [0.25, 0.3) is 0 Å². The van der Waals surface area contributed by atoms with Crippen molar-refractivity contribution in [2.45, 2.75) is 44.0 Å². The first-order valence-corrected chi connectivity index (χ1v) is 10.3. The highest BCUT2D eigenvalue weighted by atomic mass is 32.2. The van der Waals surface area contributed by atoms with Crippen LogP contribution in [-0.4, -0.2) is 31.3 Å². The van der Waals surface area contributed by atoms with Crippen molar-refractivity contribution in [2.75, 3.05) is 13.2 Å². The molecule has 0 unspecified atom stereocenters. The maximum Gasteiger partial charge on any atom is 0.267 e. The molecule has 3 rings (SSSR count). The zero-order chi connectivity index (χ0) is 18.6. The van der Waals surface area contributed by atoms with Gasteiger partial charge in [-0.25, -0.2) is 17.8 Å². The van der Waals surface area contributed by atoms with Crippen molar-refractivity contribution < 1.29 is 13.2 Å². The van der Waals surface area contributed by atoms with E-state index in [-0.39, 0.29) is 23.5 Å². The highest BCUT2D eigenvalue weighted by molar-refractivity contribution is 7.89. The van der Waals surface area contributed by atoms with Crippen molar-refractivity contribution in [2.24, 2.45) is 0 Å². The normalized spacial score (nSPS) is 14.0. The van der Waals surface area contributed by atoms with Crippen LogP contribution in [0.3, 0.4) is 0 Å². The van der Waals surface area contributed by atoms with E-state index in [1.54, 1.807) is 31.2 Å². The number of aryl methyl sites for hydroxylation is 2. The third-order valence-electron chi connectivity index (χ3n) is 4.33. The molecule has 1 aliphatic rings. The lowest BCUT2D eigenvalue weighted by Crippen LogP contribution is -2.33. The molecule has 0 saturated heterocycles. The quantitative estimate of drug-likeness (QED) is 0.790. The molecule has 1 aromatic heterocycles. The zero-order valence-corrected chi connectivity index (χ0v) is 15.6. The minimum atomic E-state index is -3.73. The van der Waals surface area contributed by atoms with E-state index >= 15 is 0 Å². The predicted molar refractivity (Wildman–Crippen MR) is 97.9 cm³/mol. The summed E-state index contributed by atoms with van der Waals surface area (Å²) in [6.07, 6.45) is 3.90. The number of aromatic nitrogens is 2. The number of ether oxygens (including phenoxy) is 1. The fourth-order valence-corrected chi connectivity index (χ4v) is 4.24. The van der Waals surface area contributed by atoms with Crippen molar-refractivity contribution in [1.82, 2.24) is 14.5 Å². The van der Waals surface area contributed by atoms with Crippen LogP contribution >= 0.6 is 0 Å². The SMILES string of the molecule is CCOc1ccccc1S(=O)(=O)NCCn1nc2c(cc1=O)CCCC2. The molecule has 26 heavy (non-hydrogen) atoms.